The van der Waals surface area contributed by atoms with E-state index in [1.807, 2.05) is 24.3 Å². The van der Waals surface area contributed by atoms with Crippen molar-refractivity contribution in [2.75, 3.05) is 12.4 Å². The number of nitrogens with one attached hydrogen (secondary N) is 2. The average molecular weight is 348 g/mol. The monoisotopic (exact) mass is 347 g/mol. The first-order valence-corrected chi connectivity index (χ1v) is 8.17. The van der Waals surface area contributed by atoms with Crippen molar-refractivity contribution >= 4 is 30.0 Å². The van der Waals surface area contributed by atoms with E-state index in [1.165, 1.54) is 6.21 Å². The maximum atomic E-state index is 13.3. The molecule has 1 aliphatic rings. The summed E-state index contributed by atoms with van der Waals surface area (Å²) in [5, 5.41) is 16.2. The number of nitrogens with zero attached hydrogens (tertiary/aromatic N) is 3. The Morgan fingerprint density at radius 3 is 2.92 bits per heavy atom. The Labute approximate surface area is 145 Å². The van der Waals surface area contributed by atoms with Gasteiger partial charge in [0.2, 0.25) is 0 Å². The van der Waals surface area contributed by atoms with E-state index >= 15 is 0 Å². The van der Waals surface area contributed by atoms with Crippen molar-refractivity contribution in [3.63, 3.8) is 0 Å². The molecule has 0 radical (unpaired) electrons. The van der Waals surface area contributed by atoms with Gasteiger partial charge in [0, 0.05) is 37.5 Å². The van der Waals surface area contributed by atoms with Crippen LogP contribution in [0.1, 0.15) is 35.7 Å². The van der Waals surface area contributed by atoms with Crippen LogP contribution in [0.25, 0.3) is 0 Å². The number of aliphatic imine (C=N–C) groups is 1. The summed E-state index contributed by atoms with van der Waals surface area (Å²) < 4.78 is 15.1. The number of hydrogen-bond acceptors (Lipinski definition) is 3. The first-order chi connectivity index (χ1) is 11.6. The summed E-state index contributed by atoms with van der Waals surface area (Å²) in [7, 11) is 1.66. The predicted octanol–water partition coefficient (Wildman–Crippen LogP) is 3.87. The number of rotatable bonds is 6. The number of aromatic nitrogens is 2. The van der Waals surface area contributed by atoms with Crippen molar-refractivity contribution in [1.29, 1.82) is 5.41 Å². The van der Waals surface area contributed by atoms with Crippen molar-refractivity contribution in [3.05, 3.63) is 46.1 Å². The predicted molar refractivity (Wildman–Crippen MR) is 95.6 cm³/mol. The molecule has 1 saturated carbocycles. The van der Waals surface area contributed by atoms with Crippen LogP contribution in [-0.4, -0.2) is 35.6 Å². The maximum absolute atomic E-state index is 13.3. The summed E-state index contributed by atoms with van der Waals surface area (Å²) in [5.41, 5.74) is 2.47. The second-order valence-electron chi connectivity index (χ2n) is 5.86. The molecule has 1 aromatic carbocycles. The highest BCUT2D eigenvalue weighted by molar-refractivity contribution is 6.30. The molecule has 0 atom stereocenters. The summed E-state index contributed by atoms with van der Waals surface area (Å²) in [6.45, 7) is 0. The Kier molecular flexibility index (Phi) is 4.94. The lowest BCUT2D eigenvalue weighted by Crippen LogP contribution is -2.29. The van der Waals surface area contributed by atoms with E-state index in [2.05, 4.69) is 15.4 Å². The summed E-state index contributed by atoms with van der Waals surface area (Å²) in [6, 6.07) is 7.58. The van der Waals surface area contributed by atoms with Crippen LogP contribution in [-0.2, 0) is 6.42 Å². The van der Waals surface area contributed by atoms with Gasteiger partial charge in [0.25, 0.3) is 0 Å². The second-order valence-corrected chi connectivity index (χ2v) is 6.30. The van der Waals surface area contributed by atoms with Crippen LogP contribution in [0.15, 0.2) is 29.3 Å². The molecule has 0 aliphatic heterocycles. The molecule has 2 aromatic rings. The summed E-state index contributed by atoms with van der Waals surface area (Å²) in [5.74, 6) is 0.685. The molecule has 1 aromatic heterocycles. The molecule has 7 heteroatoms. The quantitative estimate of drug-likeness (QED) is 0.615. The molecule has 0 unspecified atom stereocenters. The molecule has 0 saturated heterocycles. The van der Waals surface area contributed by atoms with Crippen LogP contribution in [0, 0.1) is 5.41 Å². The zero-order valence-corrected chi connectivity index (χ0v) is 14.1. The van der Waals surface area contributed by atoms with Gasteiger partial charge in [-0.2, -0.15) is 5.10 Å². The maximum Gasteiger partial charge on any atom is 0.138 e. The minimum absolute atomic E-state index is 0.0135. The van der Waals surface area contributed by atoms with E-state index in [-0.39, 0.29) is 6.04 Å². The normalized spacial score (nSPS) is 20.1. The highest BCUT2D eigenvalue weighted by Gasteiger charge is 2.33. The van der Waals surface area contributed by atoms with Crippen LogP contribution < -0.4 is 5.32 Å². The molecule has 1 fully saturated rings. The van der Waals surface area contributed by atoms with Crippen LogP contribution >= 0.6 is 11.6 Å². The second kappa shape index (κ2) is 7.13. The molecule has 0 bridgehead atoms. The van der Waals surface area contributed by atoms with E-state index in [1.54, 1.807) is 18.1 Å². The van der Waals surface area contributed by atoms with E-state index in [0.29, 0.717) is 35.7 Å². The van der Waals surface area contributed by atoms with Gasteiger partial charge in [0.15, 0.2) is 0 Å². The van der Waals surface area contributed by atoms with Crippen molar-refractivity contribution in [2.24, 2.45) is 4.99 Å². The molecule has 0 amide bonds. The molecule has 2 N–H and O–H groups in total. The van der Waals surface area contributed by atoms with Crippen molar-refractivity contribution < 1.29 is 4.39 Å². The fourth-order valence-electron chi connectivity index (χ4n) is 2.87. The van der Waals surface area contributed by atoms with Crippen LogP contribution in [0.3, 0.4) is 0 Å². The van der Waals surface area contributed by atoms with Crippen molar-refractivity contribution in [2.45, 2.75) is 31.5 Å². The van der Waals surface area contributed by atoms with Gasteiger partial charge in [-0.15, -0.1) is 0 Å². The Bertz CT molecular complexity index is 764. The summed E-state index contributed by atoms with van der Waals surface area (Å²) in [4.78, 5) is 3.93. The smallest absolute Gasteiger partial charge is 0.138 e. The first kappa shape index (κ1) is 16.6. The molecule has 126 valence electrons. The van der Waals surface area contributed by atoms with Gasteiger partial charge >= 0.3 is 0 Å². The third-order valence-corrected chi connectivity index (χ3v) is 4.40. The number of benzene rings is 1. The van der Waals surface area contributed by atoms with E-state index in [9.17, 15) is 4.39 Å². The van der Waals surface area contributed by atoms with Gasteiger partial charge in [0.1, 0.15) is 12.0 Å². The van der Waals surface area contributed by atoms with Gasteiger partial charge in [-0.25, -0.2) is 9.07 Å². The van der Waals surface area contributed by atoms with Gasteiger partial charge in [-0.1, -0.05) is 23.7 Å². The lowest BCUT2D eigenvalue weighted by Gasteiger charge is -2.30. The fourth-order valence-corrected chi connectivity index (χ4v) is 3.08. The largest absolute Gasteiger partial charge is 0.331 e. The van der Waals surface area contributed by atoms with Gasteiger partial charge in [-0.3, -0.25) is 4.99 Å². The highest BCUT2D eigenvalue weighted by Crippen LogP contribution is 2.37. The summed E-state index contributed by atoms with van der Waals surface area (Å²) in [6.07, 6.45) is 3.52. The Hall–Kier alpha value is -2.21. The van der Waals surface area contributed by atoms with E-state index in [4.69, 9.17) is 17.0 Å². The summed E-state index contributed by atoms with van der Waals surface area (Å²) >= 11 is 6.05. The Balaban J connectivity index is 1.97. The zero-order valence-electron chi connectivity index (χ0n) is 13.3. The Morgan fingerprint density at radius 1 is 1.50 bits per heavy atom. The first-order valence-electron chi connectivity index (χ1n) is 7.80. The molecule has 3 rings (SSSR count). The fraction of sp³-hybridized carbons (Fsp3) is 0.353. The number of anilines is 1. The zero-order chi connectivity index (χ0) is 17.1. The lowest BCUT2D eigenvalue weighted by atomic mass is 9.91. The van der Waals surface area contributed by atoms with Gasteiger partial charge < -0.3 is 10.7 Å². The third kappa shape index (κ3) is 3.33. The molecule has 1 heterocycles. The van der Waals surface area contributed by atoms with Gasteiger partial charge in [-0.05, 0) is 17.7 Å². The number of alkyl halides is 1. The number of hydrogen-bond donors (Lipinski definition) is 2. The molecular weight excluding hydrogens is 329 g/mol. The molecule has 1 aliphatic carbocycles. The molecule has 24 heavy (non-hydrogen) atoms. The average Bonchev–Trinajstić information content (AvgIpc) is 2.86. The molecule has 5 nitrogen and oxygen atoms in total. The van der Waals surface area contributed by atoms with Crippen LogP contribution in [0.5, 0.6) is 0 Å². The third-order valence-electron chi connectivity index (χ3n) is 4.16. The van der Waals surface area contributed by atoms with Crippen LogP contribution in [0.4, 0.5) is 10.2 Å². The standard InChI is InChI=1S/C17H19ClFN5/c1-21-10-22-17-15(9-20)16(6-11-3-2-4-12(18)5-11)23-24(17)14-7-13(19)8-14/h2-5,9-10,13-14,20H,6-8H2,1H3,(H,21,22). The molecular formula is C17H19ClFN5. The van der Waals surface area contributed by atoms with Crippen molar-refractivity contribution in [1.82, 2.24) is 9.78 Å². The highest BCUT2D eigenvalue weighted by atomic mass is 35.5. The SMILES string of the molecule is CN=CNc1c(C=N)c(Cc2cccc(Cl)c2)nn1C1CC(F)C1. The van der Waals surface area contributed by atoms with Crippen LogP contribution in [0.2, 0.25) is 5.02 Å². The Morgan fingerprint density at radius 2 is 2.29 bits per heavy atom. The minimum atomic E-state index is -0.772. The van der Waals surface area contributed by atoms with E-state index in [0.717, 1.165) is 11.3 Å². The number of halogens is 2. The van der Waals surface area contributed by atoms with E-state index < -0.39 is 6.17 Å². The van der Waals surface area contributed by atoms with Crippen molar-refractivity contribution in [3.8, 4) is 0 Å². The van der Waals surface area contributed by atoms with Gasteiger partial charge in [0.05, 0.1) is 23.6 Å². The molecule has 0 spiro atoms. The minimum Gasteiger partial charge on any atom is -0.331 e. The lowest BCUT2D eigenvalue weighted by molar-refractivity contribution is 0.129. The topological polar surface area (TPSA) is 66.1 Å².